The number of benzene rings is 3. The SMILES string of the molecule is COc1cc2c(cc1OC)[C@H](c1c(F)cccc1Cl)N(C(=O)c1c(-c3c(Cl)cccc3Cl)noc1C)CC2. The molecular weight excluding hydrogens is 554 g/mol. The Hall–Kier alpha value is -3.26. The number of aromatic nitrogens is 1. The Balaban J connectivity index is 1.72. The van der Waals surface area contributed by atoms with E-state index in [1.165, 1.54) is 19.2 Å². The first-order valence-electron chi connectivity index (χ1n) is 11.7. The quantitative estimate of drug-likeness (QED) is 0.246. The first kappa shape index (κ1) is 26.4. The van der Waals surface area contributed by atoms with Crippen LogP contribution in [0.4, 0.5) is 4.39 Å². The van der Waals surface area contributed by atoms with Gasteiger partial charge in [-0.25, -0.2) is 4.39 Å². The predicted molar refractivity (Wildman–Crippen MR) is 144 cm³/mol. The lowest BCUT2D eigenvalue weighted by Crippen LogP contribution is -2.41. The van der Waals surface area contributed by atoms with E-state index >= 15 is 4.39 Å². The average molecular weight is 576 g/mol. The molecule has 38 heavy (non-hydrogen) atoms. The van der Waals surface area contributed by atoms with Crippen LogP contribution in [0.5, 0.6) is 11.5 Å². The smallest absolute Gasteiger partial charge is 0.260 e. The third kappa shape index (κ3) is 4.38. The minimum Gasteiger partial charge on any atom is -0.493 e. The van der Waals surface area contributed by atoms with Crippen LogP contribution < -0.4 is 9.47 Å². The number of fused-ring (bicyclic) bond motifs is 1. The molecule has 3 aromatic carbocycles. The molecule has 0 fully saturated rings. The third-order valence-corrected chi connectivity index (χ3v) is 7.64. The molecule has 5 rings (SSSR count). The Kier molecular flexibility index (Phi) is 7.27. The zero-order valence-corrected chi connectivity index (χ0v) is 22.9. The molecule has 0 N–H and O–H groups in total. The molecule has 10 heteroatoms. The lowest BCUT2D eigenvalue weighted by molar-refractivity contribution is 0.0690. The number of amides is 1. The number of carbonyl (C=O) groups is 1. The number of rotatable bonds is 5. The van der Waals surface area contributed by atoms with Crippen molar-refractivity contribution in [1.82, 2.24) is 10.1 Å². The van der Waals surface area contributed by atoms with Crippen LogP contribution in [-0.2, 0) is 6.42 Å². The molecule has 196 valence electrons. The first-order chi connectivity index (χ1) is 18.3. The van der Waals surface area contributed by atoms with Gasteiger partial charge in [-0.1, -0.05) is 52.1 Å². The van der Waals surface area contributed by atoms with Gasteiger partial charge in [0.2, 0.25) is 0 Å². The van der Waals surface area contributed by atoms with Crippen molar-refractivity contribution < 1.29 is 23.2 Å². The summed E-state index contributed by atoms with van der Waals surface area (Å²) < 4.78 is 31.9. The van der Waals surface area contributed by atoms with E-state index < -0.39 is 17.8 Å². The van der Waals surface area contributed by atoms with Gasteiger partial charge in [0.1, 0.15) is 22.8 Å². The van der Waals surface area contributed by atoms with Gasteiger partial charge >= 0.3 is 0 Å². The molecule has 1 aliphatic rings. The van der Waals surface area contributed by atoms with Crippen LogP contribution in [0.1, 0.15) is 38.9 Å². The van der Waals surface area contributed by atoms with E-state index in [4.69, 9.17) is 48.8 Å². The van der Waals surface area contributed by atoms with Crippen LogP contribution in [0.2, 0.25) is 15.1 Å². The fraction of sp³-hybridized carbons (Fsp3) is 0.214. The zero-order chi connectivity index (χ0) is 27.1. The van der Waals surface area contributed by atoms with Crippen LogP contribution in [0.25, 0.3) is 11.3 Å². The number of methoxy groups -OCH3 is 2. The van der Waals surface area contributed by atoms with Gasteiger partial charge in [0.15, 0.2) is 11.5 Å². The van der Waals surface area contributed by atoms with Crippen molar-refractivity contribution in [1.29, 1.82) is 0 Å². The van der Waals surface area contributed by atoms with Crippen LogP contribution in [0.15, 0.2) is 53.1 Å². The maximum Gasteiger partial charge on any atom is 0.260 e. The molecule has 0 saturated carbocycles. The summed E-state index contributed by atoms with van der Waals surface area (Å²) in [7, 11) is 3.06. The summed E-state index contributed by atoms with van der Waals surface area (Å²) in [6.07, 6.45) is 0.483. The first-order valence-corrected chi connectivity index (χ1v) is 12.8. The van der Waals surface area contributed by atoms with Crippen molar-refractivity contribution in [3.05, 3.63) is 97.4 Å². The molecular formula is C28H22Cl3FN2O4. The Labute approximate surface area is 233 Å². The number of halogens is 4. The summed E-state index contributed by atoms with van der Waals surface area (Å²) in [5.74, 6) is 0.286. The number of hydrogen-bond acceptors (Lipinski definition) is 5. The number of carbonyl (C=O) groups excluding carboxylic acids is 1. The summed E-state index contributed by atoms with van der Waals surface area (Å²) in [4.78, 5) is 15.9. The average Bonchev–Trinajstić information content (AvgIpc) is 3.27. The summed E-state index contributed by atoms with van der Waals surface area (Å²) >= 11 is 19.5. The van der Waals surface area contributed by atoms with Crippen molar-refractivity contribution in [2.45, 2.75) is 19.4 Å². The molecule has 1 amide bonds. The normalized spacial score (nSPS) is 14.8. The Morgan fingerprint density at radius 2 is 1.66 bits per heavy atom. The van der Waals surface area contributed by atoms with Crippen molar-refractivity contribution in [3.63, 3.8) is 0 Å². The largest absolute Gasteiger partial charge is 0.493 e. The van der Waals surface area contributed by atoms with Crippen LogP contribution >= 0.6 is 34.8 Å². The van der Waals surface area contributed by atoms with E-state index in [0.717, 1.165) is 5.56 Å². The molecule has 0 radical (unpaired) electrons. The number of nitrogens with zero attached hydrogens (tertiary/aromatic N) is 2. The zero-order valence-electron chi connectivity index (χ0n) is 20.6. The highest BCUT2D eigenvalue weighted by atomic mass is 35.5. The second-order valence-electron chi connectivity index (χ2n) is 8.75. The Morgan fingerprint density at radius 3 is 2.32 bits per heavy atom. The van der Waals surface area contributed by atoms with Crippen molar-refractivity contribution in [2.24, 2.45) is 0 Å². The van der Waals surface area contributed by atoms with Crippen LogP contribution in [0, 0.1) is 12.7 Å². The highest BCUT2D eigenvalue weighted by Gasteiger charge is 2.39. The van der Waals surface area contributed by atoms with E-state index in [0.29, 0.717) is 39.1 Å². The monoisotopic (exact) mass is 574 g/mol. The number of aryl methyl sites for hydroxylation is 1. The third-order valence-electron chi connectivity index (χ3n) is 6.68. The van der Waals surface area contributed by atoms with Gasteiger partial charge in [-0.15, -0.1) is 0 Å². The fourth-order valence-corrected chi connectivity index (χ4v) is 5.75. The van der Waals surface area contributed by atoms with Crippen LogP contribution in [0.3, 0.4) is 0 Å². The number of ether oxygens (including phenoxy) is 2. The van der Waals surface area contributed by atoms with Gasteiger partial charge in [0.05, 0.1) is 30.3 Å². The Morgan fingerprint density at radius 1 is 1.03 bits per heavy atom. The van der Waals surface area contributed by atoms with Gasteiger partial charge < -0.3 is 18.9 Å². The molecule has 1 aromatic heterocycles. The summed E-state index contributed by atoms with van der Waals surface area (Å²) in [5, 5.41) is 4.94. The van der Waals surface area contributed by atoms with Gasteiger partial charge in [-0.2, -0.15) is 0 Å². The Bertz CT molecular complexity index is 1520. The molecule has 4 aromatic rings. The highest BCUT2D eigenvalue weighted by Crippen LogP contribution is 2.45. The molecule has 0 bridgehead atoms. The summed E-state index contributed by atoms with van der Waals surface area (Å²) in [5.41, 5.74) is 2.48. The minimum atomic E-state index is -0.872. The second-order valence-corrected chi connectivity index (χ2v) is 9.97. The van der Waals surface area contributed by atoms with Crippen molar-refractivity contribution in [3.8, 4) is 22.8 Å². The molecule has 0 unspecified atom stereocenters. The van der Waals surface area contributed by atoms with E-state index in [1.807, 2.05) is 6.07 Å². The minimum absolute atomic E-state index is 0.169. The molecule has 0 aliphatic carbocycles. The van der Waals surface area contributed by atoms with E-state index in [-0.39, 0.29) is 34.1 Å². The maximum atomic E-state index is 15.4. The van der Waals surface area contributed by atoms with E-state index in [2.05, 4.69) is 5.16 Å². The van der Waals surface area contributed by atoms with Gasteiger partial charge in [-0.05, 0) is 60.9 Å². The lowest BCUT2D eigenvalue weighted by Gasteiger charge is -2.38. The van der Waals surface area contributed by atoms with E-state index in [9.17, 15) is 4.79 Å². The lowest BCUT2D eigenvalue weighted by atomic mass is 9.86. The molecule has 6 nitrogen and oxygen atoms in total. The fourth-order valence-electron chi connectivity index (χ4n) is 4.91. The maximum absolute atomic E-state index is 15.4. The molecule has 0 saturated heterocycles. The van der Waals surface area contributed by atoms with Gasteiger partial charge in [0, 0.05) is 22.7 Å². The standard InChI is InChI=1S/C28H22Cl3FN2O4/c1-14-23(26(33-38-14)24-17(29)6-4-7-18(24)30)28(35)34-11-10-15-12-21(36-2)22(37-3)13-16(15)27(34)25-19(31)8-5-9-20(25)32/h4-9,12-13,27H,10-11H2,1-3H3/t27-/m1/s1. The van der Waals surface area contributed by atoms with Crippen molar-refractivity contribution in [2.75, 3.05) is 20.8 Å². The van der Waals surface area contributed by atoms with Gasteiger partial charge in [-0.3, -0.25) is 4.79 Å². The summed E-state index contributed by atoms with van der Waals surface area (Å²) in [6, 6.07) is 12.2. The highest BCUT2D eigenvalue weighted by molar-refractivity contribution is 6.39. The molecule has 1 aliphatic heterocycles. The molecule has 0 spiro atoms. The predicted octanol–water partition coefficient (Wildman–Crippen LogP) is 7.55. The molecule has 2 heterocycles. The van der Waals surface area contributed by atoms with Crippen molar-refractivity contribution >= 4 is 40.7 Å². The number of hydrogen-bond donors (Lipinski definition) is 0. The topological polar surface area (TPSA) is 64.8 Å². The van der Waals surface area contributed by atoms with Crippen LogP contribution in [-0.4, -0.2) is 36.7 Å². The second kappa shape index (κ2) is 10.5. The van der Waals surface area contributed by atoms with Gasteiger partial charge in [0.25, 0.3) is 5.91 Å². The molecule has 1 atom stereocenters. The van der Waals surface area contributed by atoms with E-state index in [1.54, 1.807) is 49.3 Å². The summed E-state index contributed by atoms with van der Waals surface area (Å²) in [6.45, 7) is 1.89.